The third-order valence-electron chi connectivity index (χ3n) is 4.06. The molecule has 7 heteroatoms. The van der Waals surface area contributed by atoms with Crippen molar-refractivity contribution in [1.82, 2.24) is 10.1 Å². The molecule has 0 spiro atoms. The van der Waals surface area contributed by atoms with Crippen molar-refractivity contribution in [3.8, 4) is 11.4 Å². The third kappa shape index (κ3) is 2.79. The monoisotopic (exact) mass is 315 g/mol. The molecule has 4 rings (SSSR count). The number of carbonyl (C=O) groups is 1. The first-order valence-electron chi connectivity index (χ1n) is 7.81. The van der Waals surface area contributed by atoms with Crippen molar-refractivity contribution in [2.45, 2.75) is 25.4 Å². The number of hydrogen-bond donors (Lipinski definition) is 0. The van der Waals surface area contributed by atoms with Crippen LogP contribution in [0.4, 0.5) is 10.5 Å². The summed E-state index contributed by atoms with van der Waals surface area (Å²) in [5.41, 5.74) is 1.65. The molecule has 0 bridgehead atoms. The number of nitrogens with zero attached hydrogens (tertiary/aromatic N) is 3. The molecule has 0 N–H and O–H groups in total. The summed E-state index contributed by atoms with van der Waals surface area (Å²) in [6.07, 6.45) is 2.38. The average molecular weight is 315 g/mol. The van der Waals surface area contributed by atoms with Crippen LogP contribution in [0.1, 0.15) is 31.3 Å². The van der Waals surface area contributed by atoms with E-state index in [1.807, 2.05) is 24.3 Å². The SMILES string of the molecule is O=C1OCCCN1c1ccc(-c2noc([C@@H]3CCCO3)n2)cc1. The Balaban J connectivity index is 1.52. The van der Waals surface area contributed by atoms with Gasteiger partial charge in [0.1, 0.15) is 6.10 Å². The van der Waals surface area contributed by atoms with Gasteiger partial charge in [-0.15, -0.1) is 0 Å². The van der Waals surface area contributed by atoms with Gasteiger partial charge in [0, 0.05) is 24.4 Å². The minimum Gasteiger partial charge on any atom is -0.449 e. The number of cyclic esters (lactones) is 1. The van der Waals surface area contributed by atoms with E-state index < -0.39 is 0 Å². The van der Waals surface area contributed by atoms with E-state index in [1.54, 1.807) is 4.90 Å². The molecule has 2 fully saturated rings. The highest BCUT2D eigenvalue weighted by Crippen LogP contribution is 2.29. The summed E-state index contributed by atoms with van der Waals surface area (Å²) in [6, 6.07) is 7.48. The second-order valence-corrected chi connectivity index (χ2v) is 5.62. The molecule has 0 radical (unpaired) electrons. The van der Waals surface area contributed by atoms with Crippen molar-refractivity contribution < 1.29 is 18.8 Å². The van der Waals surface area contributed by atoms with Crippen LogP contribution in [-0.4, -0.2) is 36.0 Å². The number of ether oxygens (including phenoxy) is 2. The van der Waals surface area contributed by atoms with Crippen LogP contribution >= 0.6 is 0 Å². The Kier molecular flexibility index (Phi) is 3.70. The van der Waals surface area contributed by atoms with Crippen molar-refractivity contribution in [3.63, 3.8) is 0 Å². The van der Waals surface area contributed by atoms with Crippen LogP contribution in [0, 0.1) is 0 Å². The molecule has 2 aliphatic rings. The zero-order chi connectivity index (χ0) is 15.6. The lowest BCUT2D eigenvalue weighted by atomic mass is 10.2. The van der Waals surface area contributed by atoms with Crippen molar-refractivity contribution >= 4 is 11.8 Å². The Hall–Kier alpha value is -2.41. The molecule has 2 saturated heterocycles. The van der Waals surface area contributed by atoms with Gasteiger partial charge in [-0.2, -0.15) is 4.98 Å². The summed E-state index contributed by atoms with van der Waals surface area (Å²) in [5.74, 6) is 1.06. The quantitative estimate of drug-likeness (QED) is 0.866. The summed E-state index contributed by atoms with van der Waals surface area (Å²) in [6.45, 7) is 1.90. The van der Waals surface area contributed by atoms with Gasteiger partial charge in [-0.1, -0.05) is 5.16 Å². The number of benzene rings is 1. The van der Waals surface area contributed by atoms with E-state index in [2.05, 4.69) is 10.1 Å². The molecule has 120 valence electrons. The Labute approximate surface area is 133 Å². The fourth-order valence-electron chi connectivity index (χ4n) is 2.83. The number of hydrogen-bond acceptors (Lipinski definition) is 6. The number of anilines is 1. The smallest absolute Gasteiger partial charge is 0.414 e. The first kappa shape index (κ1) is 14.2. The zero-order valence-corrected chi connectivity index (χ0v) is 12.6. The van der Waals surface area contributed by atoms with Crippen LogP contribution in [0.3, 0.4) is 0 Å². The lowest BCUT2D eigenvalue weighted by Gasteiger charge is -2.26. The van der Waals surface area contributed by atoms with Crippen LogP contribution in [0.25, 0.3) is 11.4 Å². The lowest BCUT2D eigenvalue weighted by Crippen LogP contribution is -2.37. The zero-order valence-electron chi connectivity index (χ0n) is 12.6. The van der Waals surface area contributed by atoms with Gasteiger partial charge in [-0.3, -0.25) is 4.90 Å². The molecule has 0 unspecified atom stereocenters. The van der Waals surface area contributed by atoms with Crippen LogP contribution < -0.4 is 4.90 Å². The van der Waals surface area contributed by atoms with Crippen LogP contribution in [0.5, 0.6) is 0 Å². The maximum absolute atomic E-state index is 11.8. The van der Waals surface area contributed by atoms with Gasteiger partial charge in [-0.25, -0.2) is 4.79 Å². The van der Waals surface area contributed by atoms with E-state index in [0.717, 1.165) is 37.1 Å². The third-order valence-corrected chi connectivity index (χ3v) is 4.06. The van der Waals surface area contributed by atoms with Gasteiger partial charge in [0.2, 0.25) is 5.82 Å². The second kappa shape index (κ2) is 6.00. The number of amides is 1. The van der Waals surface area contributed by atoms with Crippen LogP contribution in [-0.2, 0) is 9.47 Å². The van der Waals surface area contributed by atoms with E-state index in [-0.39, 0.29) is 12.2 Å². The van der Waals surface area contributed by atoms with Crippen molar-refractivity contribution in [3.05, 3.63) is 30.2 Å². The minimum atomic E-state index is -0.302. The summed E-state index contributed by atoms with van der Waals surface area (Å²) < 4.78 is 15.9. The molecule has 1 amide bonds. The average Bonchev–Trinajstić information content (AvgIpc) is 3.27. The first-order valence-corrected chi connectivity index (χ1v) is 7.81. The highest BCUT2D eigenvalue weighted by Gasteiger charge is 2.24. The fourth-order valence-corrected chi connectivity index (χ4v) is 2.83. The Morgan fingerprint density at radius 2 is 2.00 bits per heavy atom. The maximum atomic E-state index is 11.8. The molecule has 23 heavy (non-hydrogen) atoms. The predicted molar refractivity (Wildman–Crippen MR) is 81.0 cm³/mol. The largest absolute Gasteiger partial charge is 0.449 e. The standard InChI is InChI=1S/C16H17N3O4/c20-16-19(8-2-10-22-16)12-6-4-11(5-7-12)14-17-15(23-18-14)13-3-1-9-21-13/h4-7,13H,1-3,8-10H2/t13-/m0/s1. The predicted octanol–water partition coefficient (Wildman–Crippen LogP) is 2.93. The lowest BCUT2D eigenvalue weighted by molar-refractivity contribution is 0.0835. The topological polar surface area (TPSA) is 77.7 Å². The molecule has 2 aromatic rings. The van der Waals surface area contributed by atoms with E-state index >= 15 is 0 Å². The number of carbonyl (C=O) groups excluding carboxylic acids is 1. The van der Waals surface area contributed by atoms with Gasteiger partial charge in [0.25, 0.3) is 5.89 Å². The molecule has 0 aliphatic carbocycles. The van der Waals surface area contributed by atoms with Crippen LogP contribution in [0.2, 0.25) is 0 Å². The highest BCUT2D eigenvalue weighted by molar-refractivity contribution is 5.88. The summed E-state index contributed by atoms with van der Waals surface area (Å²) in [5, 5.41) is 4.02. The Morgan fingerprint density at radius 3 is 2.74 bits per heavy atom. The fraction of sp³-hybridized carbons (Fsp3) is 0.438. The van der Waals surface area contributed by atoms with Gasteiger partial charge in [-0.05, 0) is 43.5 Å². The molecular formula is C16H17N3O4. The van der Waals surface area contributed by atoms with Crippen molar-refractivity contribution in [2.24, 2.45) is 0 Å². The first-order chi connectivity index (χ1) is 11.3. The van der Waals surface area contributed by atoms with Crippen LogP contribution in [0.15, 0.2) is 28.8 Å². The summed E-state index contributed by atoms with van der Waals surface area (Å²) in [4.78, 5) is 17.8. The Morgan fingerprint density at radius 1 is 1.13 bits per heavy atom. The van der Waals surface area contributed by atoms with Gasteiger partial charge in [0.15, 0.2) is 0 Å². The van der Waals surface area contributed by atoms with Crippen molar-refractivity contribution in [1.29, 1.82) is 0 Å². The molecular weight excluding hydrogens is 298 g/mol. The van der Waals surface area contributed by atoms with Gasteiger partial charge >= 0.3 is 6.09 Å². The molecule has 0 saturated carbocycles. The van der Waals surface area contributed by atoms with E-state index in [9.17, 15) is 4.79 Å². The Bertz CT molecular complexity index is 692. The molecule has 3 heterocycles. The molecule has 1 aromatic carbocycles. The van der Waals surface area contributed by atoms with Gasteiger partial charge < -0.3 is 14.0 Å². The van der Waals surface area contributed by atoms with Crippen molar-refractivity contribution in [2.75, 3.05) is 24.7 Å². The molecule has 1 aromatic heterocycles. The molecule has 7 nitrogen and oxygen atoms in total. The second-order valence-electron chi connectivity index (χ2n) is 5.62. The normalized spacial score (nSPS) is 21.5. The molecule has 1 atom stereocenters. The highest BCUT2D eigenvalue weighted by atomic mass is 16.6. The number of aromatic nitrogens is 2. The van der Waals surface area contributed by atoms with E-state index in [0.29, 0.717) is 24.9 Å². The van der Waals surface area contributed by atoms with E-state index in [4.69, 9.17) is 14.0 Å². The summed E-state index contributed by atoms with van der Waals surface area (Å²) >= 11 is 0. The minimum absolute atomic E-state index is 0.0846. The maximum Gasteiger partial charge on any atom is 0.414 e. The van der Waals surface area contributed by atoms with E-state index in [1.165, 1.54) is 0 Å². The molecule has 2 aliphatic heterocycles. The number of rotatable bonds is 3. The van der Waals surface area contributed by atoms with Gasteiger partial charge in [0.05, 0.1) is 6.61 Å². The summed E-state index contributed by atoms with van der Waals surface area (Å²) in [7, 11) is 0.